The Morgan fingerprint density at radius 2 is 2.11 bits per heavy atom. The molecule has 0 fully saturated rings. The second kappa shape index (κ2) is 8.17. The molecule has 4 aromatic rings. The molecule has 4 N–H and O–H groups in total. The van der Waals surface area contributed by atoms with E-state index in [1.54, 1.807) is 23.8 Å². The maximum Gasteiger partial charge on any atom is 0.343 e. The number of hydrogen-bond donors (Lipinski definition) is 3. The third-order valence-corrected chi connectivity index (χ3v) is 7.09. The van der Waals surface area contributed by atoms with Crippen LogP contribution in [0.5, 0.6) is 0 Å². The van der Waals surface area contributed by atoms with Crippen molar-refractivity contribution in [1.82, 2.24) is 14.5 Å². The van der Waals surface area contributed by atoms with E-state index >= 15 is 0 Å². The van der Waals surface area contributed by atoms with E-state index in [-0.39, 0.29) is 18.6 Å². The molecule has 0 unspecified atom stereocenters. The predicted molar refractivity (Wildman–Crippen MR) is 135 cm³/mol. The van der Waals surface area contributed by atoms with E-state index in [0.717, 1.165) is 34.1 Å². The number of rotatable bonds is 5. The topological polar surface area (TPSA) is 132 Å². The number of nitrogens with two attached hydrogens (primary N) is 1. The molecule has 9 nitrogen and oxygen atoms in total. The molecule has 0 amide bonds. The number of nitrogens with zero attached hydrogens (tertiary/aromatic N) is 3. The summed E-state index contributed by atoms with van der Waals surface area (Å²) in [5.74, 6) is -0.734. The van der Waals surface area contributed by atoms with Gasteiger partial charge in [-0.2, -0.15) is 0 Å². The zero-order valence-electron chi connectivity index (χ0n) is 19.7. The number of aliphatic hydroxyl groups is 1. The van der Waals surface area contributed by atoms with Crippen molar-refractivity contribution in [2.45, 2.75) is 38.5 Å². The van der Waals surface area contributed by atoms with E-state index in [1.807, 2.05) is 36.5 Å². The summed E-state index contributed by atoms with van der Waals surface area (Å²) in [5, 5.41) is 15.4. The maximum atomic E-state index is 13.4. The molecule has 1 atom stereocenters. The number of aromatic nitrogens is 3. The lowest BCUT2D eigenvalue weighted by atomic mass is 9.86. The number of carbonyl (C=O) groups is 1. The van der Waals surface area contributed by atoms with E-state index < -0.39 is 11.6 Å². The molecule has 0 bridgehead atoms. The monoisotopic (exact) mass is 483 g/mol. The lowest BCUT2D eigenvalue weighted by Gasteiger charge is -2.31. The number of ether oxygens (including phenoxy) is 1. The molecule has 1 aromatic carbocycles. The highest BCUT2D eigenvalue weighted by Crippen LogP contribution is 2.39. The third kappa shape index (κ3) is 3.35. The largest absolute Gasteiger partial charge is 0.458 e. The maximum absolute atomic E-state index is 13.4. The minimum absolute atomic E-state index is 0.101. The highest BCUT2D eigenvalue weighted by molar-refractivity contribution is 5.96. The van der Waals surface area contributed by atoms with E-state index in [0.29, 0.717) is 41.3 Å². The molecule has 9 heteroatoms. The Hall–Kier alpha value is -4.24. The normalized spacial score (nSPS) is 17.9. The van der Waals surface area contributed by atoms with Crippen molar-refractivity contribution >= 4 is 28.2 Å². The highest BCUT2D eigenvalue weighted by Gasteiger charge is 2.45. The molecule has 0 spiro atoms. The predicted octanol–water partition coefficient (Wildman–Crippen LogP) is 2.71. The number of carbonyl (C=O) groups excluding carboxylic acids is 1. The fourth-order valence-corrected chi connectivity index (χ4v) is 5.14. The summed E-state index contributed by atoms with van der Waals surface area (Å²) < 4.78 is 6.77. The summed E-state index contributed by atoms with van der Waals surface area (Å²) in [6, 6.07) is 11.4. The van der Waals surface area contributed by atoms with Gasteiger partial charge in [-0.05, 0) is 48.7 Å². The molecule has 5 heterocycles. The Morgan fingerprint density at radius 1 is 1.25 bits per heavy atom. The zero-order chi connectivity index (χ0) is 25.0. The molecule has 0 aliphatic carbocycles. The Bertz CT molecular complexity index is 1600. The smallest absolute Gasteiger partial charge is 0.343 e. The number of benzene rings is 1. The van der Waals surface area contributed by atoms with Crippen LogP contribution in [0.25, 0.3) is 22.3 Å². The van der Waals surface area contributed by atoms with E-state index in [1.165, 1.54) is 0 Å². The molecule has 36 heavy (non-hydrogen) atoms. The van der Waals surface area contributed by atoms with Crippen molar-refractivity contribution in [2.75, 3.05) is 17.6 Å². The lowest BCUT2D eigenvalue weighted by molar-refractivity contribution is -0.172. The van der Waals surface area contributed by atoms with E-state index in [2.05, 4.69) is 10.3 Å². The highest BCUT2D eigenvalue weighted by atomic mass is 16.6. The van der Waals surface area contributed by atoms with Crippen molar-refractivity contribution in [3.05, 3.63) is 81.4 Å². The van der Waals surface area contributed by atoms with Gasteiger partial charge in [0.05, 0.1) is 34.7 Å². The molecular weight excluding hydrogens is 458 g/mol. The molecule has 6 rings (SSSR count). The SMILES string of the molecule is CC[C@@]1(O)C(=O)OCc2c1cc1n(c2=O)Cc2cc3cc(N)cc(NCCc4cccnc4)c3nc2-1. The van der Waals surface area contributed by atoms with Crippen molar-refractivity contribution in [3.63, 3.8) is 0 Å². The van der Waals surface area contributed by atoms with Gasteiger partial charge in [-0.3, -0.25) is 9.78 Å². The Labute approximate surface area is 206 Å². The number of anilines is 2. The first-order valence-corrected chi connectivity index (χ1v) is 11.9. The quantitative estimate of drug-likeness (QED) is 0.257. The van der Waals surface area contributed by atoms with Crippen LogP contribution in [0.3, 0.4) is 0 Å². The fourth-order valence-electron chi connectivity index (χ4n) is 5.14. The third-order valence-electron chi connectivity index (χ3n) is 7.09. The first-order valence-electron chi connectivity index (χ1n) is 11.9. The average Bonchev–Trinajstić information content (AvgIpc) is 3.24. The average molecular weight is 484 g/mol. The van der Waals surface area contributed by atoms with Crippen LogP contribution < -0.4 is 16.6 Å². The van der Waals surface area contributed by atoms with Gasteiger partial charge in [-0.15, -0.1) is 0 Å². The number of pyridine rings is 3. The van der Waals surface area contributed by atoms with Crippen LogP contribution in [-0.4, -0.2) is 32.2 Å². The van der Waals surface area contributed by atoms with Crippen molar-refractivity contribution < 1.29 is 14.6 Å². The van der Waals surface area contributed by atoms with Gasteiger partial charge in [-0.25, -0.2) is 9.78 Å². The van der Waals surface area contributed by atoms with Gasteiger partial charge in [0.1, 0.15) is 6.61 Å². The fraction of sp³-hybridized carbons (Fsp3) is 0.259. The standard InChI is InChI=1S/C27H25N5O4/c1-2-27(35)20-11-22-24-17(13-32(22)25(33)19(20)14-36-26(27)34)8-16-9-18(28)10-21(23(16)31-24)30-7-5-15-4-3-6-29-12-15/h3-4,6,8-12,30,35H,2,5,7,13-14,28H2,1H3/t27-/m0/s1. The summed E-state index contributed by atoms with van der Waals surface area (Å²) in [6.07, 6.45) is 4.47. The number of hydrogen-bond acceptors (Lipinski definition) is 8. The van der Waals surface area contributed by atoms with Crippen LogP contribution in [-0.2, 0) is 34.7 Å². The number of cyclic esters (lactones) is 1. The molecular formula is C27H25N5O4. The van der Waals surface area contributed by atoms with Crippen molar-refractivity contribution in [3.8, 4) is 11.4 Å². The summed E-state index contributed by atoms with van der Waals surface area (Å²) in [4.78, 5) is 34.9. The van der Waals surface area contributed by atoms with Gasteiger partial charge in [0.2, 0.25) is 0 Å². The van der Waals surface area contributed by atoms with Gasteiger partial charge in [-0.1, -0.05) is 13.0 Å². The Balaban J connectivity index is 1.44. The molecule has 2 aliphatic heterocycles. The van der Waals surface area contributed by atoms with Gasteiger partial charge in [0.15, 0.2) is 5.60 Å². The van der Waals surface area contributed by atoms with E-state index in [4.69, 9.17) is 15.5 Å². The molecule has 0 radical (unpaired) electrons. The second-order valence-electron chi connectivity index (χ2n) is 9.28. The minimum Gasteiger partial charge on any atom is -0.458 e. The van der Waals surface area contributed by atoms with Crippen LogP contribution in [0.2, 0.25) is 0 Å². The van der Waals surface area contributed by atoms with Crippen LogP contribution in [0, 0.1) is 0 Å². The number of fused-ring (bicyclic) bond motifs is 5. The van der Waals surface area contributed by atoms with Crippen molar-refractivity contribution in [2.24, 2.45) is 0 Å². The van der Waals surface area contributed by atoms with Gasteiger partial charge < -0.3 is 25.5 Å². The second-order valence-corrected chi connectivity index (χ2v) is 9.28. The molecule has 182 valence electrons. The lowest BCUT2D eigenvalue weighted by Crippen LogP contribution is -2.44. The zero-order valence-corrected chi connectivity index (χ0v) is 19.7. The van der Waals surface area contributed by atoms with Crippen LogP contribution in [0.15, 0.2) is 53.6 Å². The van der Waals surface area contributed by atoms with Gasteiger partial charge in [0, 0.05) is 41.1 Å². The summed E-state index contributed by atoms with van der Waals surface area (Å²) in [5.41, 5.74) is 10.0. The molecule has 0 saturated carbocycles. The summed E-state index contributed by atoms with van der Waals surface area (Å²) in [7, 11) is 0. The molecule has 3 aromatic heterocycles. The van der Waals surface area contributed by atoms with Crippen LogP contribution in [0.4, 0.5) is 11.4 Å². The van der Waals surface area contributed by atoms with Gasteiger partial charge >= 0.3 is 5.97 Å². The van der Waals surface area contributed by atoms with Crippen LogP contribution >= 0.6 is 0 Å². The van der Waals surface area contributed by atoms with Gasteiger partial charge in [0.25, 0.3) is 5.56 Å². The first kappa shape index (κ1) is 22.2. The first-order chi connectivity index (χ1) is 17.4. The van der Waals surface area contributed by atoms with Crippen molar-refractivity contribution in [1.29, 1.82) is 0 Å². The number of nitrogen functional groups attached to an aromatic ring is 1. The van der Waals surface area contributed by atoms with E-state index in [9.17, 15) is 14.7 Å². The summed E-state index contributed by atoms with van der Waals surface area (Å²) >= 11 is 0. The summed E-state index contributed by atoms with van der Waals surface area (Å²) in [6.45, 7) is 2.55. The molecule has 0 saturated heterocycles. The Morgan fingerprint density at radius 3 is 2.89 bits per heavy atom. The Kier molecular flexibility index (Phi) is 5.04. The number of esters is 1. The molecule has 2 aliphatic rings. The number of nitrogens with one attached hydrogen (secondary N) is 1. The minimum atomic E-state index is -1.85. The van der Waals surface area contributed by atoms with Crippen LogP contribution in [0.1, 0.15) is 35.6 Å².